The third-order valence-electron chi connectivity index (χ3n) is 4.90. The van der Waals surface area contributed by atoms with Crippen LogP contribution in [-0.2, 0) is 13.1 Å². The van der Waals surface area contributed by atoms with E-state index in [-0.39, 0.29) is 10.8 Å². The number of ether oxygens (including phenoxy) is 2. The van der Waals surface area contributed by atoms with E-state index in [1.807, 2.05) is 13.8 Å². The predicted molar refractivity (Wildman–Crippen MR) is 106 cm³/mol. The molecule has 26 heavy (non-hydrogen) atoms. The van der Waals surface area contributed by atoms with Crippen molar-refractivity contribution in [2.24, 2.45) is 0 Å². The molecular formula is C20H24Cl2N2O2. The van der Waals surface area contributed by atoms with Gasteiger partial charge < -0.3 is 9.47 Å². The van der Waals surface area contributed by atoms with Crippen LogP contribution in [0.15, 0.2) is 24.3 Å². The Morgan fingerprint density at radius 1 is 0.846 bits per heavy atom. The van der Waals surface area contributed by atoms with Gasteiger partial charge in [-0.05, 0) is 24.6 Å². The second-order valence-corrected chi connectivity index (χ2v) is 8.78. The van der Waals surface area contributed by atoms with E-state index >= 15 is 0 Å². The quantitative estimate of drug-likeness (QED) is 0.717. The van der Waals surface area contributed by atoms with E-state index in [0.29, 0.717) is 13.5 Å². The van der Waals surface area contributed by atoms with Crippen LogP contribution in [0.25, 0.3) is 10.8 Å². The lowest BCUT2D eigenvalue weighted by molar-refractivity contribution is 0.0703. The molecule has 4 rings (SSSR count). The summed E-state index contributed by atoms with van der Waals surface area (Å²) in [5.41, 5.74) is 2.39. The van der Waals surface area contributed by atoms with E-state index in [1.54, 1.807) is 0 Å². The van der Waals surface area contributed by atoms with Gasteiger partial charge in [-0.2, -0.15) is 0 Å². The van der Waals surface area contributed by atoms with Gasteiger partial charge in [0.25, 0.3) is 0 Å². The standard InChI is InChI=1S/C20H24Cl2N2O2/c1-13(21)7-23-9-17-15-5-3-4-6-16(15)18-10-24(8-14(2)22)12-26-20(18)19(17)25-11-23/h3-6,13-14H,7-12H2,1-2H3. The first-order valence-electron chi connectivity index (χ1n) is 9.08. The second kappa shape index (κ2) is 7.43. The fraction of sp³-hybridized carbons (Fsp3) is 0.500. The molecule has 2 aliphatic rings. The molecule has 0 amide bonds. The molecule has 4 nitrogen and oxygen atoms in total. The molecule has 2 aromatic carbocycles. The number of halogens is 2. The Kier molecular flexibility index (Phi) is 5.20. The molecule has 0 bridgehead atoms. The molecule has 0 saturated heterocycles. The molecule has 2 heterocycles. The van der Waals surface area contributed by atoms with Gasteiger partial charge in [0.2, 0.25) is 0 Å². The highest BCUT2D eigenvalue weighted by atomic mass is 35.5. The number of hydrogen-bond acceptors (Lipinski definition) is 4. The molecule has 6 heteroatoms. The zero-order valence-electron chi connectivity index (χ0n) is 15.2. The number of fused-ring (bicyclic) bond motifs is 6. The van der Waals surface area contributed by atoms with Gasteiger partial charge in [-0.1, -0.05) is 24.3 Å². The van der Waals surface area contributed by atoms with E-state index in [4.69, 9.17) is 32.7 Å². The van der Waals surface area contributed by atoms with E-state index in [0.717, 1.165) is 37.7 Å². The van der Waals surface area contributed by atoms with Gasteiger partial charge in [0, 0.05) is 48.1 Å². The smallest absolute Gasteiger partial charge is 0.168 e. The highest BCUT2D eigenvalue weighted by molar-refractivity contribution is 6.20. The number of hydrogen-bond donors (Lipinski definition) is 0. The zero-order chi connectivity index (χ0) is 18.3. The first kappa shape index (κ1) is 18.2. The molecule has 2 aliphatic heterocycles. The van der Waals surface area contributed by atoms with Crippen LogP contribution in [0.2, 0.25) is 0 Å². The lowest BCUT2D eigenvalue weighted by Crippen LogP contribution is -2.38. The number of alkyl halides is 2. The van der Waals surface area contributed by atoms with Gasteiger partial charge in [0.15, 0.2) is 11.5 Å². The van der Waals surface area contributed by atoms with Gasteiger partial charge in [-0.15, -0.1) is 23.2 Å². The Bertz CT molecular complexity index is 743. The summed E-state index contributed by atoms with van der Waals surface area (Å²) in [5, 5.41) is 2.65. The molecule has 2 atom stereocenters. The van der Waals surface area contributed by atoms with Crippen LogP contribution >= 0.6 is 23.2 Å². The highest BCUT2D eigenvalue weighted by Gasteiger charge is 2.30. The Balaban J connectivity index is 1.77. The Morgan fingerprint density at radius 2 is 1.27 bits per heavy atom. The van der Waals surface area contributed by atoms with Gasteiger partial charge in [-0.3, -0.25) is 9.80 Å². The molecule has 0 saturated carbocycles. The van der Waals surface area contributed by atoms with E-state index in [9.17, 15) is 0 Å². The SMILES string of the molecule is CC(Cl)CN1COc2c3c(c4ccccc4c2C1)CN(CC(C)Cl)CO3. The monoisotopic (exact) mass is 394 g/mol. The maximum absolute atomic E-state index is 6.19. The van der Waals surface area contributed by atoms with Crippen LogP contribution in [0.3, 0.4) is 0 Å². The maximum Gasteiger partial charge on any atom is 0.168 e. The average molecular weight is 395 g/mol. The van der Waals surface area contributed by atoms with Gasteiger partial charge in [0.05, 0.1) is 0 Å². The van der Waals surface area contributed by atoms with Crippen molar-refractivity contribution in [1.29, 1.82) is 0 Å². The summed E-state index contributed by atoms with van der Waals surface area (Å²) >= 11 is 12.4. The third-order valence-corrected chi connectivity index (χ3v) is 5.17. The lowest BCUT2D eigenvalue weighted by atomic mass is 9.95. The molecule has 2 aromatic rings. The minimum absolute atomic E-state index is 0.0893. The molecular weight excluding hydrogens is 371 g/mol. The molecule has 0 fully saturated rings. The average Bonchev–Trinajstić information content (AvgIpc) is 2.61. The highest BCUT2D eigenvalue weighted by Crippen LogP contribution is 2.46. The van der Waals surface area contributed by atoms with Crippen molar-refractivity contribution < 1.29 is 9.47 Å². The van der Waals surface area contributed by atoms with Gasteiger partial charge in [0.1, 0.15) is 13.5 Å². The Labute approximate surface area is 164 Å². The number of benzene rings is 2. The van der Waals surface area contributed by atoms with Crippen molar-refractivity contribution in [1.82, 2.24) is 9.80 Å². The second-order valence-electron chi connectivity index (χ2n) is 7.29. The number of rotatable bonds is 4. The van der Waals surface area contributed by atoms with Crippen LogP contribution in [0.5, 0.6) is 11.5 Å². The minimum Gasteiger partial charge on any atom is -0.474 e. The van der Waals surface area contributed by atoms with E-state index in [2.05, 4.69) is 34.1 Å². The summed E-state index contributed by atoms with van der Waals surface area (Å²) in [4.78, 5) is 4.48. The fourth-order valence-corrected chi connectivity index (χ4v) is 4.33. The molecule has 0 N–H and O–H groups in total. The summed E-state index contributed by atoms with van der Waals surface area (Å²) < 4.78 is 12.3. The van der Waals surface area contributed by atoms with Gasteiger partial charge in [-0.25, -0.2) is 0 Å². The van der Waals surface area contributed by atoms with Crippen LogP contribution in [0.1, 0.15) is 25.0 Å². The maximum atomic E-state index is 6.19. The summed E-state index contributed by atoms with van der Waals surface area (Å²) in [6, 6.07) is 8.52. The van der Waals surface area contributed by atoms with Gasteiger partial charge >= 0.3 is 0 Å². The molecule has 0 radical (unpaired) electrons. The lowest BCUT2D eigenvalue weighted by Gasteiger charge is -2.36. The van der Waals surface area contributed by atoms with E-state index < -0.39 is 0 Å². The fourth-order valence-electron chi connectivity index (χ4n) is 3.94. The van der Waals surface area contributed by atoms with Crippen molar-refractivity contribution in [3.05, 3.63) is 35.4 Å². The molecule has 0 spiro atoms. The Hall–Kier alpha value is -1.20. The summed E-state index contributed by atoms with van der Waals surface area (Å²) in [7, 11) is 0. The van der Waals surface area contributed by atoms with Crippen LogP contribution < -0.4 is 9.47 Å². The number of nitrogens with zero attached hydrogens (tertiary/aromatic N) is 2. The van der Waals surface area contributed by atoms with Crippen molar-refractivity contribution in [2.75, 3.05) is 26.6 Å². The topological polar surface area (TPSA) is 24.9 Å². The molecule has 2 unspecified atom stereocenters. The summed E-state index contributed by atoms with van der Waals surface area (Å²) in [6.45, 7) is 8.36. The van der Waals surface area contributed by atoms with Crippen LogP contribution in [0, 0.1) is 0 Å². The van der Waals surface area contributed by atoms with Crippen LogP contribution in [-0.4, -0.2) is 47.1 Å². The first-order chi connectivity index (χ1) is 12.5. The van der Waals surface area contributed by atoms with Crippen LogP contribution in [0.4, 0.5) is 0 Å². The minimum atomic E-state index is 0.0893. The Morgan fingerprint density at radius 3 is 1.65 bits per heavy atom. The van der Waals surface area contributed by atoms with E-state index in [1.165, 1.54) is 21.9 Å². The van der Waals surface area contributed by atoms with Crippen molar-refractivity contribution >= 4 is 34.0 Å². The third kappa shape index (κ3) is 3.48. The summed E-state index contributed by atoms with van der Waals surface area (Å²) in [5.74, 6) is 1.80. The van der Waals surface area contributed by atoms with Crippen molar-refractivity contribution in [2.45, 2.75) is 37.7 Å². The molecule has 0 aliphatic carbocycles. The predicted octanol–water partition coefficient (Wildman–Crippen LogP) is 4.40. The van der Waals surface area contributed by atoms with Crippen molar-refractivity contribution in [3.8, 4) is 11.5 Å². The first-order valence-corrected chi connectivity index (χ1v) is 9.95. The summed E-state index contributed by atoms with van der Waals surface area (Å²) in [6.07, 6.45) is 0. The van der Waals surface area contributed by atoms with Crippen molar-refractivity contribution in [3.63, 3.8) is 0 Å². The largest absolute Gasteiger partial charge is 0.474 e. The normalized spacial score (nSPS) is 20.0. The molecule has 140 valence electrons. The molecule has 0 aromatic heterocycles. The zero-order valence-corrected chi connectivity index (χ0v) is 16.7.